The minimum absolute atomic E-state index is 0. The molecule has 229 valence electrons. The third kappa shape index (κ3) is 56.7. The quantitative estimate of drug-likeness (QED) is 0.109. The molecule has 0 bridgehead atoms. The molecule has 0 aromatic rings. The van der Waals surface area contributed by atoms with Gasteiger partial charge in [-0.2, -0.15) is 0 Å². The van der Waals surface area contributed by atoms with Gasteiger partial charge in [0.15, 0.2) is 0 Å². The Morgan fingerprint density at radius 1 is 0.342 bits per heavy atom. The summed E-state index contributed by atoms with van der Waals surface area (Å²) in [5, 5.41) is 0. The van der Waals surface area contributed by atoms with Gasteiger partial charge in [0.25, 0.3) is 0 Å². The Bertz CT molecular complexity index is 344. The molecule has 0 aliphatic rings. The van der Waals surface area contributed by atoms with Crippen molar-refractivity contribution in [1.82, 2.24) is 0 Å². The number of nitrogens with two attached hydrogens (primary N) is 1. The third-order valence-corrected chi connectivity index (χ3v) is 7.12. The Morgan fingerprint density at radius 2 is 0.553 bits per heavy atom. The molecule has 0 aliphatic heterocycles. The van der Waals surface area contributed by atoms with E-state index >= 15 is 0 Å². The van der Waals surface area contributed by atoms with Crippen molar-refractivity contribution in [2.45, 2.75) is 216 Å². The maximum Gasteiger partial charge on any atom is 0 e. The molecule has 1 nitrogen and oxygen atoms in total. The predicted molar refractivity (Wildman–Crippen MR) is 182 cm³/mol. The van der Waals surface area contributed by atoms with Crippen molar-refractivity contribution in [2.75, 3.05) is 6.54 Å². The molecule has 38 heavy (non-hydrogen) atoms. The number of rotatable bonds is 22. The molecule has 0 heterocycles. The Labute approximate surface area is 257 Å². The second-order valence-electron chi connectivity index (χ2n) is 14.1. The smallest absolute Gasteiger partial charge is 0 e. The van der Waals surface area contributed by atoms with E-state index in [9.17, 15) is 0 Å². The first kappa shape index (κ1) is 45.5. The fourth-order valence-corrected chi connectivity index (χ4v) is 4.50. The van der Waals surface area contributed by atoms with Crippen molar-refractivity contribution in [1.29, 1.82) is 0 Å². The molecule has 0 aromatic carbocycles. The Morgan fingerprint density at radius 3 is 0.763 bits per heavy atom. The van der Waals surface area contributed by atoms with Crippen LogP contribution in [0.25, 0.3) is 0 Å². The van der Waals surface area contributed by atoms with E-state index in [0.29, 0.717) is 10.8 Å². The molecular weight excluding hydrogens is 453 g/mol. The molecule has 0 saturated heterocycles. The fraction of sp³-hybridized carbons (Fsp3) is 1.00. The maximum atomic E-state index is 5.39. The second-order valence-corrected chi connectivity index (χ2v) is 14.1. The molecule has 0 aromatic heterocycles. The summed E-state index contributed by atoms with van der Waals surface area (Å²) in [6.45, 7) is 21.7. The van der Waals surface area contributed by atoms with E-state index in [1.807, 2.05) is 0 Å². The van der Waals surface area contributed by atoms with Gasteiger partial charge in [-0.3, -0.25) is 0 Å². The largest absolute Gasteiger partial charge is 0.330 e. The summed E-state index contributed by atoms with van der Waals surface area (Å²) in [6.07, 6.45) is 33.8. The van der Waals surface area contributed by atoms with Crippen LogP contribution in [0, 0.1) is 10.8 Å². The zero-order valence-corrected chi connectivity index (χ0v) is 29.3. The van der Waals surface area contributed by atoms with Crippen LogP contribution in [0.4, 0.5) is 0 Å². The molecule has 0 rings (SSSR count). The standard InChI is InChI=1S/2C13H28.C10H23N.Li/c2*1-5-6-7-8-9-10-11-12-13(2,3)4;1-2-3-4-5-6-7-8-9-10-11;/h2*5-12H2,1-4H3;2-11H2,1H3;. The van der Waals surface area contributed by atoms with Crippen LogP contribution in [0.3, 0.4) is 0 Å². The van der Waals surface area contributed by atoms with E-state index in [4.69, 9.17) is 5.73 Å². The molecule has 2 heteroatoms. The average Bonchev–Trinajstić information content (AvgIpc) is 2.82. The maximum absolute atomic E-state index is 5.39. The second kappa shape index (κ2) is 35.6. The Hall–Kier alpha value is 0.557. The first-order valence-corrected chi connectivity index (χ1v) is 17.2. The normalized spacial score (nSPS) is 11.2. The summed E-state index contributed by atoms with van der Waals surface area (Å²) in [5.74, 6) is 0. The molecule has 0 atom stereocenters. The van der Waals surface area contributed by atoms with Gasteiger partial charge in [-0.1, -0.05) is 197 Å². The van der Waals surface area contributed by atoms with Crippen molar-refractivity contribution in [3.63, 3.8) is 0 Å². The van der Waals surface area contributed by atoms with Gasteiger partial charge < -0.3 is 5.73 Å². The Kier molecular flexibility index (Phi) is 42.6. The number of hydrogen-bond acceptors (Lipinski definition) is 1. The van der Waals surface area contributed by atoms with E-state index < -0.39 is 0 Å². The topological polar surface area (TPSA) is 26.0 Å². The van der Waals surface area contributed by atoms with Gasteiger partial charge >= 0.3 is 0 Å². The summed E-state index contributed by atoms with van der Waals surface area (Å²) in [6, 6.07) is 0. The Balaban J connectivity index is -0.000000226. The first-order valence-electron chi connectivity index (χ1n) is 17.2. The van der Waals surface area contributed by atoms with Gasteiger partial charge in [-0.15, -0.1) is 0 Å². The first-order chi connectivity index (χ1) is 17.5. The molecule has 0 spiro atoms. The van der Waals surface area contributed by atoms with Gasteiger partial charge in [0.1, 0.15) is 0 Å². The predicted octanol–water partition coefficient (Wildman–Crippen LogP) is 13.1. The van der Waals surface area contributed by atoms with Crippen LogP contribution < -0.4 is 5.73 Å². The van der Waals surface area contributed by atoms with Crippen molar-refractivity contribution in [3.8, 4) is 0 Å². The summed E-state index contributed by atoms with van der Waals surface area (Å²) in [5.41, 5.74) is 6.48. The monoisotopic (exact) mass is 533 g/mol. The van der Waals surface area contributed by atoms with Gasteiger partial charge in [-0.05, 0) is 36.6 Å². The molecular formula is C36H79LiN. The average molecular weight is 533 g/mol. The van der Waals surface area contributed by atoms with Gasteiger partial charge in [0.05, 0.1) is 0 Å². The zero-order chi connectivity index (χ0) is 28.7. The SMILES string of the molecule is CCCCCCCCCC(C)(C)C.CCCCCCCCCC(C)(C)C.CCCCCCCCCCN.[Li]. The van der Waals surface area contributed by atoms with Crippen LogP contribution in [0.2, 0.25) is 0 Å². The van der Waals surface area contributed by atoms with Gasteiger partial charge in [0.2, 0.25) is 0 Å². The summed E-state index contributed by atoms with van der Waals surface area (Å²) in [4.78, 5) is 0. The third-order valence-electron chi connectivity index (χ3n) is 7.12. The van der Waals surface area contributed by atoms with Crippen molar-refractivity contribution >= 4 is 18.9 Å². The van der Waals surface area contributed by atoms with Crippen molar-refractivity contribution in [3.05, 3.63) is 0 Å². The fourth-order valence-electron chi connectivity index (χ4n) is 4.50. The molecule has 0 unspecified atom stereocenters. The summed E-state index contributed by atoms with van der Waals surface area (Å²) < 4.78 is 0. The molecule has 0 amide bonds. The van der Waals surface area contributed by atoms with E-state index in [2.05, 4.69) is 62.3 Å². The van der Waals surface area contributed by atoms with Crippen LogP contribution >= 0.6 is 0 Å². The van der Waals surface area contributed by atoms with Crippen LogP contribution in [-0.2, 0) is 0 Å². The summed E-state index contributed by atoms with van der Waals surface area (Å²) >= 11 is 0. The molecule has 0 aliphatic carbocycles. The van der Waals surface area contributed by atoms with Crippen LogP contribution in [-0.4, -0.2) is 25.4 Å². The molecule has 1 radical (unpaired) electrons. The molecule has 0 saturated carbocycles. The molecule has 2 N–H and O–H groups in total. The van der Waals surface area contributed by atoms with E-state index in [1.54, 1.807) is 0 Å². The van der Waals surface area contributed by atoms with Crippen LogP contribution in [0.1, 0.15) is 216 Å². The van der Waals surface area contributed by atoms with Crippen molar-refractivity contribution < 1.29 is 0 Å². The van der Waals surface area contributed by atoms with Crippen molar-refractivity contribution in [2.24, 2.45) is 16.6 Å². The zero-order valence-electron chi connectivity index (χ0n) is 29.3. The van der Waals surface area contributed by atoms with E-state index in [-0.39, 0.29) is 18.9 Å². The van der Waals surface area contributed by atoms with Crippen LogP contribution in [0.5, 0.6) is 0 Å². The molecule has 0 fully saturated rings. The van der Waals surface area contributed by atoms with E-state index in [1.165, 1.54) is 154 Å². The van der Waals surface area contributed by atoms with Gasteiger partial charge in [-0.25, -0.2) is 0 Å². The number of hydrogen-bond donors (Lipinski definition) is 1. The van der Waals surface area contributed by atoms with Crippen LogP contribution in [0.15, 0.2) is 0 Å². The summed E-state index contributed by atoms with van der Waals surface area (Å²) in [7, 11) is 0. The minimum atomic E-state index is 0. The minimum Gasteiger partial charge on any atom is -0.330 e. The van der Waals surface area contributed by atoms with E-state index in [0.717, 1.165) is 6.54 Å². The van der Waals surface area contributed by atoms with Gasteiger partial charge in [0, 0.05) is 18.9 Å². The number of unbranched alkanes of at least 4 members (excludes halogenated alkanes) is 19.